The first kappa shape index (κ1) is 12.6. The van der Waals surface area contributed by atoms with E-state index in [4.69, 9.17) is 0 Å². The lowest BCUT2D eigenvalue weighted by Crippen LogP contribution is -1.99. The lowest BCUT2D eigenvalue weighted by molar-refractivity contribution is 1.10. The van der Waals surface area contributed by atoms with Crippen LogP contribution in [0.1, 0.15) is 5.56 Å². The number of anilines is 2. The van der Waals surface area contributed by atoms with Crippen LogP contribution in [0.2, 0.25) is 0 Å². The zero-order valence-corrected chi connectivity index (χ0v) is 13.2. The minimum atomic E-state index is 0.723. The molecule has 0 radical (unpaired) electrons. The van der Waals surface area contributed by atoms with Gasteiger partial charge >= 0.3 is 0 Å². The van der Waals surface area contributed by atoms with Crippen molar-refractivity contribution < 1.29 is 0 Å². The van der Waals surface area contributed by atoms with Crippen molar-refractivity contribution in [2.75, 3.05) is 5.32 Å². The van der Waals surface area contributed by atoms with Crippen LogP contribution in [0.3, 0.4) is 0 Å². The maximum atomic E-state index is 4.43. The summed E-state index contributed by atoms with van der Waals surface area (Å²) in [7, 11) is 0. The number of nitrogens with zero attached hydrogens (tertiary/aromatic N) is 3. The summed E-state index contributed by atoms with van der Waals surface area (Å²) in [5.41, 5.74) is 2.94. The molecule has 2 heterocycles. The van der Waals surface area contributed by atoms with Crippen LogP contribution < -0.4 is 5.32 Å². The second-order valence-electron chi connectivity index (χ2n) is 4.16. The highest BCUT2D eigenvalue weighted by molar-refractivity contribution is 9.10. The number of fused-ring (bicyclic) bond motifs is 1. The largest absolute Gasteiger partial charge is 0.337 e. The fraction of sp³-hybridized carbons (Fsp3) is 0.0769. The SMILES string of the molecule is Cc1cc(Nc2nc(Br)cn3ccnc23)ccc1Br. The molecular formula is C13H10Br2N4. The van der Waals surface area contributed by atoms with E-state index in [0.717, 1.165) is 26.2 Å². The topological polar surface area (TPSA) is 42.2 Å². The molecule has 96 valence electrons. The molecule has 0 fully saturated rings. The molecule has 0 saturated carbocycles. The van der Waals surface area contributed by atoms with Crippen LogP contribution >= 0.6 is 31.9 Å². The molecule has 1 N–H and O–H groups in total. The van der Waals surface area contributed by atoms with Gasteiger partial charge in [-0.25, -0.2) is 9.97 Å². The van der Waals surface area contributed by atoms with Crippen LogP contribution in [0.15, 0.2) is 45.9 Å². The van der Waals surface area contributed by atoms with Crippen LogP contribution in [-0.2, 0) is 0 Å². The Hall–Kier alpha value is -1.40. The molecule has 0 aliphatic carbocycles. The van der Waals surface area contributed by atoms with Gasteiger partial charge in [0.25, 0.3) is 0 Å². The molecule has 0 saturated heterocycles. The van der Waals surface area contributed by atoms with E-state index in [1.54, 1.807) is 6.20 Å². The molecule has 3 aromatic rings. The average molecular weight is 382 g/mol. The average Bonchev–Trinajstić information content (AvgIpc) is 2.82. The summed E-state index contributed by atoms with van der Waals surface area (Å²) < 4.78 is 3.77. The van der Waals surface area contributed by atoms with Gasteiger partial charge in [0.1, 0.15) is 4.60 Å². The van der Waals surface area contributed by atoms with Gasteiger partial charge < -0.3 is 9.72 Å². The summed E-state index contributed by atoms with van der Waals surface area (Å²) >= 11 is 6.89. The third-order valence-electron chi connectivity index (χ3n) is 2.77. The molecule has 0 amide bonds. The lowest BCUT2D eigenvalue weighted by Gasteiger charge is -2.09. The number of benzene rings is 1. The van der Waals surface area contributed by atoms with Crippen molar-refractivity contribution in [3.8, 4) is 0 Å². The summed E-state index contributed by atoms with van der Waals surface area (Å²) in [5, 5.41) is 3.30. The van der Waals surface area contributed by atoms with Crippen molar-refractivity contribution >= 4 is 49.0 Å². The Morgan fingerprint density at radius 3 is 2.89 bits per heavy atom. The zero-order valence-electron chi connectivity index (χ0n) is 10.1. The first-order chi connectivity index (χ1) is 9.13. The van der Waals surface area contributed by atoms with E-state index in [1.807, 2.05) is 28.9 Å². The maximum absolute atomic E-state index is 4.43. The Bertz CT molecular complexity index is 751. The second-order valence-corrected chi connectivity index (χ2v) is 5.83. The Morgan fingerprint density at radius 1 is 1.26 bits per heavy atom. The second kappa shape index (κ2) is 4.94. The molecule has 3 rings (SSSR count). The predicted molar refractivity (Wildman–Crippen MR) is 82.8 cm³/mol. The lowest BCUT2D eigenvalue weighted by atomic mass is 10.2. The fourth-order valence-corrected chi connectivity index (χ4v) is 2.49. The highest BCUT2D eigenvalue weighted by Crippen LogP contribution is 2.24. The van der Waals surface area contributed by atoms with Crippen molar-refractivity contribution in [2.45, 2.75) is 6.92 Å². The molecule has 0 spiro atoms. The Labute approximate surface area is 127 Å². The smallest absolute Gasteiger partial charge is 0.180 e. The number of aromatic nitrogens is 3. The third kappa shape index (κ3) is 2.50. The first-order valence-corrected chi connectivity index (χ1v) is 7.24. The van der Waals surface area contributed by atoms with Gasteiger partial charge in [-0.3, -0.25) is 0 Å². The summed E-state index contributed by atoms with van der Waals surface area (Å²) in [5.74, 6) is 0.723. The van der Waals surface area contributed by atoms with Gasteiger partial charge in [-0.05, 0) is 46.6 Å². The Balaban J connectivity index is 2.04. The number of nitrogens with one attached hydrogen (secondary N) is 1. The number of aryl methyl sites for hydroxylation is 1. The molecule has 4 nitrogen and oxygen atoms in total. The van der Waals surface area contributed by atoms with E-state index < -0.39 is 0 Å². The highest BCUT2D eigenvalue weighted by Gasteiger charge is 2.07. The fourth-order valence-electron chi connectivity index (χ4n) is 1.84. The molecule has 0 unspecified atom stereocenters. The molecule has 0 bridgehead atoms. The van der Waals surface area contributed by atoms with Gasteiger partial charge in [0.15, 0.2) is 11.5 Å². The number of imidazole rings is 1. The van der Waals surface area contributed by atoms with Crippen molar-refractivity contribution in [1.29, 1.82) is 0 Å². The van der Waals surface area contributed by atoms with E-state index in [2.05, 4.69) is 60.1 Å². The van der Waals surface area contributed by atoms with Gasteiger partial charge in [0.2, 0.25) is 0 Å². The van der Waals surface area contributed by atoms with Gasteiger partial charge in [-0.2, -0.15) is 0 Å². The normalized spacial score (nSPS) is 10.9. The zero-order chi connectivity index (χ0) is 13.4. The van der Waals surface area contributed by atoms with E-state index in [-0.39, 0.29) is 0 Å². The summed E-state index contributed by atoms with van der Waals surface area (Å²) in [6.07, 6.45) is 5.52. The minimum Gasteiger partial charge on any atom is -0.337 e. The predicted octanol–water partition coefficient (Wildman–Crippen LogP) is 4.31. The first-order valence-electron chi connectivity index (χ1n) is 5.66. The van der Waals surface area contributed by atoms with E-state index in [1.165, 1.54) is 5.56 Å². The van der Waals surface area contributed by atoms with Crippen molar-refractivity contribution in [3.05, 3.63) is 51.4 Å². The van der Waals surface area contributed by atoms with Crippen LogP contribution in [-0.4, -0.2) is 14.4 Å². The summed E-state index contributed by atoms with van der Waals surface area (Å²) in [6.45, 7) is 2.05. The van der Waals surface area contributed by atoms with Gasteiger partial charge in [-0.15, -0.1) is 0 Å². The summed E-state index contributed by atoms with van der Waals surface area (Å²) in [4.78, 5) is 8.74. The van der Waals surface area contributed by atoms with Gasteiger partial charge in [-0.1, -0.05) is 15.9 Å². The quantitative estimate of drug-likeness (QED) is 0.719. The number of halogens is 2. The highest BCUT2D eigenvalue weighted by atomic mass is 79.9. The molecule has 19 heavy (non-hydrogen) atoms. The van der Waals surface area contributed by atoms with Crippen molar-refractivity contribution in [1.82, 2.24) is 14.4 Å². The van der Waals surface area contributed by atoms with E-state index >= 15 is 0 Å². The van der Waals surface area contributed by atoms with Crippen LogP contribution in [0.5, 0.6) is 0 Å². The minimum absolute atomic E-state index is 0.723. The molecule has 6 heteroatoms. The molecule has 2 aromatic heterocycles. The molecule has 1 aromatic carbocycles. The molecule has 0 atom stereocenters. The number of rotatable bonds is 2. The Kier molecular flexibility index (Phi) is 3.28. The van der Waals surface area contributed by atoms with Crippen molar-refractivity contribution in [2.24, 2.45) is 0 Å². The molecular weight excluding hydrogens is 372 g/mol. The molecule has 0 aliphatic rings. The van der Waals surface area contributed by atoms with Crippen LogP contribution in [0, 0.1) is 6.92 Å². The van der Waals surface area contributed by atoms with E-state index in [0.29, 0.717) is 0 Å². The monoisotopic (exact) mass is 380 g/mol. The number of hydrogen-bond donors (Lipinski definition) is 1. The third-order valence-corrected chi connectivity index (χ3v) is 4.04. The summed E-state index contributed by atoms with van der Waals surface area (Å²) in [6, 6.07) is 6.07. The van der Waals surface area contributed by atoms with E-state index in [9.17, 15) is 0 Å². The van der Waals surface area contributed by atoms with Gasteiger partial charge in [0, 0.05) is 28.8 Å². The molecule has 0 aliphatic heterocycles. The maximum Gasteiger partial charge on any atom is 0.180 e. The number of hydrogen-bond acceptors (Lipinski definition) is 3. The Morgan fingerprint density at radius 2 is 2.11 bits per heavy atom. The standard InChI is InChI=1S/C13H10Br2N4/c1-8-6-9(2-3-10(8)14)17-12-13-16-4-5-19(13)7-11(15)18-12/h2-7H,1H3,(H,17,18). The van der Waals surface area contributed by atoms with Crippen LogP contribution in [0.4, 0.5) is 11.5 Å². The van der Waals surface area contributed by atoms with Crippen molar-refractivity contribution in [3.63, 3.8) is 0 Å². The van der Waals surface area contributed by atoms with Gasteiger partial charge in [0.05, 0.1) is 0 Å². The van der Waals surface area contributed by atoms with Crippen LogP contribution in [0.25, 0.3) is 5.65 Å².